The van der Waals surface area contributed by atoms with Gasteiger partial charge in [-0.3, -0.25) is 10.0 Å². The smallest absolute Gasteiger partial charge is 0.243 e. The van der Waals surface area contributed by atoms with Crippen LogP contribution in [0.15, 0.2) is 30.3 Å². The molecule has 2 N–H and O–H groups in total. The molecule has 0 unspecified atom stereocenters. The average molecular weight is 362 g/mol. The second-order valence-electron chi connectivity index (χ2n) is 7.81. The molecular weight excluding hydrogens is 326 g/mol. The van der Waals surface area contributed by atoms with Crippen LogP contribution >= 0.6 is 0 Å². The number of nitrogens with zero attached hydrogens (tertiary/aromatic N) is 2. The molecule has 1 saturated heterocycles. The Kier molecular flexibility index (Phi) is 9.09. The lowest BCUT2D eigenvalue weighted by Crippen LogP contribution is -2.44. The van der Waals surface area contributed by atoms with E-state index in [0.29, 0.717) is 12.5 Å². The van der Waals surface area contributed by atoms with E-state index < -0.39 is 0 Å². The molecule has 5 heteroatoms. The Balaban J connectivity index is 1.69. The summed E-state index contributed by atoms with van der Waals surface area (Å²) in [7, 11) is 4.38. The van der Waals surface area contributed by atoms with Crippen LogP contribution in [0, 0.1) is 5.92 Å². The summed E-state index contributed by atoms with van der Waals surface area (Å²) in [6.07, 6.45) is 7.15. The van der Waals surface area contributed by atoms with Gasteiger partial charge in [-0.1, -0.05) is 30.3 Å². The van der Waals surface area contributed by atoms with E-state index in [2.05, 4.69) is 54.2 Å². The van der Waals surface area contributed by atoms with Crippen molar-refractivity contribution in [1.29, 1.82) is 0 Å². The minimum Gasteiger partial charge on any atom is -0.305 e. The zero-order valence-electron chi connectivity index (χ0n) is 16.4. The van der Waals surface area contributed by atoms with Gasteiger partial charge in [-0.15, -0.1) is 0 Å². The molecule has 146 valence electrons. The largest absolute Gasteiger partial charge is 0.305 e. The van der Waals surface area contributed by atoms with Gasteiger partial charge in [0.2, 0.25) is 5.91 Å². The van der Waals surface area contributed by atoms with Crippen molar-refractivity contribution in [1.82, 2.24) is 15.3 Å². The lowest BCUT2D eigenvalue weighted by molar-refractivity contribution is -0.129. The fourth-order valence-electron chi connectivity index (χ4n) is 3.85. The first-order valence-electron chi connectivity index (χ1n) is 9.94. The number of nitrogens with one attached hydrogen (secondary N) is 1. The van der Waals surface area contributed by atoms with Crippen molar-refractivity contribution < 1.29 is 10.0 Å². The topological polar surface area (TPSA) is 55.8 Å². The number of hydroxylamine groups is 1. The van der Waals surface area contributed by atoms with Gasteiger partial charge < -0.3 is 9.80 Å². The van der Waals surface area contributed by atoms with Gasteiger partial charge in [0.15, 0.2) is 0 Å². The molecular formula is C21H35N3O2. The van der Waals surface area contributed by atoms with Crippen LogP contribution in [0.2, 0.25) is 0 Å². The minimum absolute atomic E-state index is 0.269. The lowest BCUT2D eigenvalue weighted by atomic mass is 9.91. The third kappa shape index (κ3) is 7.44. The van der Waals surface area contributed by atoms with Gasteiger partial charge in [0.05, 0.1) is 0 Å². The summed E-state index contributed by atoms with van der Waals surface area (Å²) in [5.41, 5.74) is 3.14. The highest BCUT2D eigenvalue weighted by molar-refractivity contribution is 5.74. The molecule has 1 aliphatic heterocycles. The predicted molar refractivity (Wildman–Crippen MR) is 105 cm³/mol. The van der Waals surface area contributed by atoms with Crippen molar-refractivity contribution in [2.45, 2.75) is 51.0 Å². The average Bonchev–Trinajstić information content (AvgIpc) is 2.66. The Morgan fingerprint density at radius 1 is 1.27 bits per heavy atom. The lowest BCUT2D eigenvalue weighted by Gasteiger charge is -2.36. The molecule has 1 heterocycles. The van der Waals surface area contributed by atoms with Crippen LogP contribution in [0.3, 0.4) is 0 Å². The fourth-order valence-corrected chi connectivity index (χ4v) is 3.85. The molecule has 1 amide bonds. The number of rotatable bonds is 10. The van der Waals surface area contributed by atoms with Crippen LogP contribution in [0.4, 0.5) is 0 Å². The summed E-state index contributed by atoms with van der Waals surface area (Å²) in [5, 5.41) is 8.54. The molecule has 0 bridgehead atoms. The summed E-state index contributed by atoms with van der Waals surface area (Å²) in [6.45, 7) is 3.46. The monoisotopic (exact) mass is 361 g/mol. The van der Waals surface area contributed by atoms with Crippen LogP contribution in [-0.4, -0.2) is 60.7 Å². The second kappa shape index (κ2) is 11.3. The van der Waals surface area contributed by atoms with Crippen molar-refractivity contribution in [3.63, 3.8) is 0 Å². The number of benzene rings is 1. The van der Waals surface area contributed by atoms with Crippen molar-refractivity contribution in [2.75, 3.05) is 33.7 Å². The van der Waals surface area contributed by atoms with Crippen molar-refractivity contribution in [3.05, 3.63) is 35.9 Å². The summed E-state index contributed by atoms with van der Waals surface area (Å²) in [6, 6.07) is 11.3. The van der Waals surface area contributed by atoms with Crippen molar-refractivity contribution in [3.8, 4) is 0 Å². The Morgan fingerprint density at radius 2 is 1.96 bits per heavy atom. The van der Waals surface area contributed by atoms with Gasteiger partial charge in [-0.25, -0.2) is 5.48 Å². The van der Waals surface area contributed by atoms with Crippen molar-refractivity contribution >= 4 is 5.91 Å². The molecule has 1 aliphatic rings. The molecule has 5 nitrogen and oxygen atoms in total. The Bertz CT molecular complexity index is 513. The van der Waals surface area contributed by atoms with Crippen LogP contribution in [-0.2, 0) is 11.2 Å². The highest BCUT2D eigenvalue weighted by Crippen LogP contribution is 2.23. The van der Waals surface area contributed by atoms with Crippen molar-refractivity contribution in [2.24, 2.45) is 5.92 Å². The molecule has 1 aromatic carbocycles. The standard InChI is InChI=1S/C21H35N3O2/c1-23(2)20(12-11-18-7-4-3-5-8-18)17-24-15-13-19(14-16-24)9-6-10-21(25)22-26/h3-5,7-8,19-20,26H,6,9-17H2,1-2H3,(H,22,25)/t20-/m0/s1. The quantitative estimate of drug-likeness (QED) is 0.497. The first-order valence-corrected chi connectivity index (χ1v) is 9.94. The molecule has 0 spiro atoms. The van der Waals surface area contributed by atoms with E-state index in [1.807, 2.05) is 0 Å². The Hall–Kier alpha value is -1.43. The van der Waals surface area contributed by atoms with Gasteiger partial charge in [-0.05, 0) is 77.2 Å². The molecule has 1 atom stereocenters. The minimum atomic E-state index is -0.269. The van der Waals surface area contributed by atoms with Gasteiger partial charge in [-0.2, -0.15) is 0 Å². The zero-order chi connectivity index (χ0) is 18.8. The van der Waals surface area contributed by atoms with E-state index in [9.17, 15) is 4.79 Å². The molecule has 0 saturated carbocycles. The van der Waals surface area contributed by atoms with E-state index in [4.69, 9.17) is 5.21 Å². The third-order valence-electron chi connectivity index (χ3n) is 5.66. The highest BCUT2D eigenvalue weighted by Gasteiger charge is 2.22. The SMILES string of the molecule is CN(C)[C@@H](CCc1ccccc1)CN1CCC(CCCC(=O)NO)CC1. The Labute approximate surface area is 158 Å². The van der Waals surface area contributed by atoms with Crippen LogP contribution < -0.4 is 5.48 Å². The first-order chi connectivity index (χ1) is 12.6. The number of aryl methyl sites for hydroxylation is 1. The fraction of sp³-hybridized carbons (Fsp3) is 0.667. The number of hydrogen-bond donors (Lipinski definition) is 2. The number of amides is 1. The number of likely N-dealkylation sites (N-methyl/N-ethyl adjacent to an activating group) is 1. The first kappa shape index (κ1) is 20.9. The van der Waals surface area contributed by atoms with Gasteiger partial charge in [0, 0.05) is 19.0 Å². The number of piperidine rings is 1. The summed E-state index contributed by atoms with van der Waals surface area (Å²) < 4.78 is 0. The summed E-state index contributed by atoms with van der Waals surface area (Å²) in [4.78, 5) is 16.0. The van der Waals surface area contributed by atoms with Gasteiger partial charge in [0.25, 0.3) is 0 Å². The molecule has 1 fully saturated rings. The third-order valence-corrected chi connectivity index (χ3v) is 5.66. The summed E-state index contributed by atoms with van der Waals surface area (Å²) >= 11 is 0. The number of carbonyl (C=O) groups excluding carboxylic acids is 1. The van der Waals surface area contributed by atoms with E-state index in [1.165, 1.54) is 24.8 Å². The van der Waals surface area contributed by atoms with Crippen LogP contribution in [0.25, 0.3) is 0 Å². The van der Waals surface area contributed by atoms with Gasteiger partial charge >= 0.3 is 0 Å². The maximum atomic E-state index is 11.1. The summed E-state index contributed by atoms with van der Waals surface area (Å²) in [5.74, 6) is 0.453. The molecule has 2 rings (SSSR count). The number of hydrogen-bond acceptors (Lipinski definition) is 4. The normalized spacial score (nSPS) is 17.4. The van der Waals surface area contributed by atoms with E-state index >= 15 is 0 Å². The highest BCUT2D eigenvalue weighted by atomic mass is 16.5. The number of likely N-dealkylation sites (tertiary alicyclic amines) is 1. The van der Waals surface area contributed by atoms with Gasteiger partial charge in [0.1, 0.15) is 0 Å². The molecule has 1 aromatic rings. The van der Waals surface area contributed by atoms with E-state index in [0.717, 1.165) is 44.8 Å². The molecule has 26 heavy (non-hydrogen) atoms. The maximum absolute atomic E-state index is 11.1. The molecule has 0 aliphatic carbocycles. The van der Waals surface area contributed by atoms with Crippen LogP contribution in [0.5, 0.6) is 0 Å². The predicted octanol–water partition coefficient (Wildman–Crippen LogP) is 2.94. The Morgan fingerprint density at radius 3 is 2.58 bits per heavy atom. The van der Waals surface area contributed by atoms with Crippen LogP contribution in [0.1, 0.15) is 44.1 Å². The van der Waals surface area contributed by atoms with E-state index in [-0.39, 0.29) is 5.91 Å². The molecule has 0 radical (unpaired) electrons. The van der Waals surface area contributed by atoms with E-state index in [1.54, 1.807) is 5.48 Å². The second-order valence-corrected chi connectivity index (χ2v) is 7.81. The molecule has 0 aromatic heterocycles. The maximum Gasteiger partial charge on any atom is 0.243 e. The number of carbonyl (C=O) groups is 1. The zero-order valence-corrected chi connectivity index (χ0v) is 16.4.